The quantitative estimate of drug-likeness (QED) is 0.263. The molecule has 0 saturated heterocycles. The predicted molar refractivity (Wildman–Crippen MR) is 51.0 cm³/mol. The first-order valence-electron chi connectivity index (χ1n) is 4.61. The van der Waals surface area contributed by atoms with Gasteiger partial charge >= 0.3 is 29.0 Å². The largest absolute Gasteiger partial charge is 1.00 e. The summed E-state index contributed by atoms with van der Waals surface area (Å²) in [6.45, 7) is 4.67. The summed E-state index contributed by atoms with van der Waals surface area (Å²) >= 11 is 0. The van der Waals surface area contributed by atoms with Crippen molar-refractivity contribution in [2.75, 3.05) is 13.2 Å². The van der Waals surface area contributed by atoms with E-state index in [2.05, 4.69) is 16.1 Å². The van der Waals surface area contributed by atoms with E-state index < -0.39 is 17.9 Å². The molecular formula is C10H13CuO6. The van der Waals surface area contributed by atoms with Crippen molar-refractivity contribution >= 4 is 17.9 Å². The summed E-state index contributed by atoms with van der Waals surface area (Å²) in [7, 11) is 0. The van der Waals surface area contributed by atoms with Crippen molar-refractivity contribution in [3.05, 3.63) is 12.2 Å². The van der Waals surface area contributed by atoms with Crippen LogP contribution in [0.3, 0.4) is 0 Å². The Bertz CT molecular complexity index is 299. The molecule has 0 aliphatic rings. The average molecular weight is 293 g/mol. The molecule has 0 aliphatic carbocycles. The molecule has 0 atom stereocenters. The third kappa shape index (κ3) is 10.9. The zero-order valence-corrected chi connectivity index (χ0v) is 10.2. The minimum atomic E-state index is -1.31. The number of esters is 2. The van der Waals surface area contributed by atoms with Crippen LogP contribution < -0.4 is 5.11 Å². The van der Waals surface area contributed by atoms with E-state index in [0.29, 0.717) is 0 Å². The molecule has 0 unspecified atom stereocenters. The Morgan fingerprint density at radius 2 is 1.65 bits per heavy atom. The van der Waals surface area contributed by atoms with Crippen LogP contribution in [0.25, 0.3) is 0 Å². The van der Waals surface area contributed by atoms with Gasteiger partial charge in [-0.05, 0) is 13.3 Å². The van der Waals surface area contributed by atoms with Gasteiger partial charge in [-0.1, -0.05) is 6.58 Å². The molecule has 0 rings (SSSR count). The summed E-state index contributed by atoms with van der Waals surface area (Å²) in [4.78, 5) is 31.7. The summed E-state index contributed by atoms with van der Waals surface area (Å²) < 4.78 is 9.22. The van der Waals surface area contributed by atoms with Crippen molar-refractivity contribution in [2.24, 2.45) is 0 Å². The van der Waals surface area contributed by atoms with Gasteiger partial charge in [0.2, 0.25) is 0 Å². The van der Waals surface area contributed by atoms with Gasteiger partial charge in [-0.15, -0.1) is 0 Å². The number of carboxylic acid groups (broad SMARTS) is 1. The van der Waals surface area contributed by atoms with Crippen LogP contribution in [-0.4, -0.2) is 31.1 Å². The molecule has 0 amide bonds. The van der Waals surface area contributed by atoms with Crippen molar-refractivity contribution < 1.29 is 46.0 Å². The van der Waals surface area contributed by atoms with Gasteiger partial charge in [-0.2, -0.15) is 0 Å². The molecular weight excluding hydrogens is 280 g/mol. The molecule has 0 aromatic heterocycles. The maximum Gasteiger partial charge on any atom is 1.00 e. The van der Waals surface area contributed by atoms with Crippen LogP contribution in [0.2, 0.25) is 0 Å². The first-order valence-corrected chi connectivity index (χ1v) is 4.61. The number of hydrogen-bond acceptors (Lipinski definition) is 6. The van der Waals surface area contributed by atoms with Gasteiger partial charge in [0.15, 0.2) is 0 Å². The van der Waals surface area contributed by atoms with Crippen LogP contribution in [0.5, 0.6) is 0 Å². The standard InChI is InChI=1S/C10H14O6.Cu/c1-7(2)10(14)16-6-5-15-9(13)4-3-8(11)12;/h1,3-6H2,2H3,(H,11,12);/q;+1/p-1. The molecule has 7 heteroatoms. The second-order valence-electron chi connectivity index (χ2n) is 3.01. The Kier molecular flexibility index (Phi) is 10.5. The molecule has 0 bridgehead atoms. The molecule has 100 valence electrons. The summed E-state index contributed by atoms with van der Waals surface area (Å²) in [6, 6.07) is 0. The van der Waals surface area contributed by atoms with E-state index in [-0.39, 0.29) is 48.7 Å². The van der Waals surface area contributed by atoms with E-state index in [0.717, 1.165) is 0 Å². The van der Waals surface area contributed by atoms with E-state index in [9.17, 15) is 19.5 Å². The molecule has 0 aromatic rings. The number of carbonyl (C=O) groups is 3. The maximum absolute atomic E-state index is 10.9. The first kappa shape index (κ1) is 18.0. The van der Waals surface area contributed by atoms with Crippen LogP contribution in [0.1, 0.15) is 19.8 Å². The Morgan fingerprint density at radius 3 is 2.12 bits per heavy atom. The number of hydrogen-bond donors (Lipinski definition) is 0. The molecule has 0 spiro atoms. The Labute approximate surface area is 109 Å². The van der Waals surface area contributed by atoms with Gasteiger partial charge < -0.3 is 19.4 Å². The van der Waals surface area contributed by atoms with Crippen molar-refractivity contribution in [1.29, 1.82) is 0 Å². The molecule has 6 nitrogen and oxygen atoms in total. The number of carbonyl (C=O) groups excluding carboxylic acids is 3. The number of aliphatic carboxylic acids is 1. The third-order valence-electron chi connectivity index (χ3n) is 1.46. The van der Waals surface area contributed by atoms with Crippen molar-refractivity contribution in [1.82, 2.24) is 0 Å². The zero-order chi connectivity index (χ0) is 12.6. The van der Waals surface area contributed by atoms with Gasteiger partial charge in [0, 0.05) is 11.5 Å². The molecule has 0 N–H and O–H groups in total. The topological polar surface area (TPSA) is 92.7 Å². The fraction of sp³-hybridized carbons (Fsp3) is 0.500. The van der Waals surface area contributed by atoms with E-state index >= 15 is 0 Å². The fourth-order valence-electron chi connectivity index (χ4n) is 0.689. The summed E-state index contributed by atoms with van der Waals surface area (Å²) in [5.41, 5.74) is 0.253. The third-order valence-corrected chi connectivity index (χ3v) is 1.46. The van der Waals surface area contributed by atoms with E-state index in [1.165, 1.54) is 6.92 Å². The molecule has 0 aromatic carbocycles. The van der Waals surface area contributed by atoms with E-state index in [1.807, 2.05) is 0 Å². The summed E-state index contributed by atoms with van der Waals surface area (Å²) in [6.07, 6.45) is -0.638. The van der Waals surface area contributed by atoms with Crippen LogP contribution >= 0.6 is 0 Å². The normalized spacial score (nSPS) is 8.76. The van der Waals surface area contributed by atoms with Crippen molar-refractivity contribution in [3.8, 4) is 0 Å². The van der Waals surface area contributed by atoms with Crippen molar-refractivity contribution in [3.63, 3.8) is 0 Å². The Balaban J connectivity index is 0. The molecule has 17 heavy (non-hydrogen) atoms. The zero-order valence-electron chi connectivity index (χ0n) is 9.29. The molecule has 0 aliphatic heterocycles. The van der Waals surface area contributed by atoms with Crippen LogP contribution in [-0.2, 0) is 40.9 Å². The van der Waals surface area contributed by atoms with E-state index in [1.54, 1.807) is 0 Å². The van der Waals surface area contributed by atoms with Crippen LogP contribution in [0.15, 0.2) is 12.2 Å². The second kappa shape index (κ2) is 9.86. The van der Waals surface area contributed by atoms with Gasteiger partial charge in [0.1, 0.15) is 13.2 Å². The molecule has 0 fully saturated rings. The van der Waals surface area contributed by atoms with Gasteiger partial charge in [-0.3, -0.25) is 4.79 Å². The minimum absolute atomic E-state index is 0. The average Bonchev–Trinajstić information content (AvgIpc) is 2.20. The van der Waals surface area contributed by atoms with Gasteiger partial charge in [0.05, 0.1) is 6.42 Å². The first-order chi connectivity index (χ1) is 7.43. The SMILES string of the molecule is C=C(C)C(=O)OCCOC(=O)CCC(=O)[O-].[Cu+]. The van der Waals surface area contributed by atoms with Gasteiger partial charge in [0.25, 0.3) is 0 Å². The molecule has 0 radical (unpaired) electrons. The van der Waals surface area contributed by atoms with Crippen LogP contribution in [0.4, 0.5) is 0 Å². The smallest absolute Gasteiger partial charge is 0.550 e. The number of ether oxygens (including phenoxy) is 2. The van der Waals surface area contributed by atoms with Gasteiger partial charge in [-0.25, -0.2) is 4.79 Å². The molecule has 0 saturated carbocycles. The Hall–Kier alpha value is -1.33. The minimum Gasteiger partial charge on any atom is -0.550 e. The number of carboxylic acids is 1. The molecule has 0 heterocycles. The van der Waals surface area contributed by atoms with Crippen LogP contribution in [0, 0.1) is 0 Å². The van der Waals surface area contributed by atoms with E-state index in [4.69, 9.17) is 0 Å². The predicted octanol–water partition coefficient (Wildman–Crippen LogP) is -0.823. The maximum atomic E-state index is 10.9. The monoisotopic (exact) mass is 292 g/mol. The Morgan fingerprint density at radius 1 is 1.12 bits per heavy atom. The number of rotatable bonds is 7. The summed E-state index contributed by atoms with van der Waals surface area (Å²) in [5, 5.41) is 10.0. The van der Waals surface area contributed by atoms with Crippen molar-refractivity contribution in [2.45, 2.75) is 19.8 Å². The fourth-order valence-corrected chi connectivity index (χ4v) is 0.689. The summed E-state index contributed by atoms with van der Waals surface area (Å²) in [5.74, 6) is -2.55. The second-order valence-corrected chi connectivity index (χ2v) is 3.01.